The van der Waals surface area contributed by atoms with Crippen LogP contribution in [0.1, 0.15) is 22.1 Å². The number of aryl methyl sites for hydroxylation is 1. The summed E-state index contributed by atoms with van der Waals surface area (Å²) in [6.07, 6.45) is -0.510. The monoisotopic (exact) mass is 282 g/mol. The molecule has 0 radical (unpaired) electrons. The second-order valence-electron chi connectivity index (χ2n) is 3.39. The molecule has 2 rings (SSSR count). The van der Waals surface area contributed by atoms with Crippen LogP contribution in [0.25, 0.3) is 0 Å². The van der Waals surface area contributed by atoms with Crippen molar-refractivity contribution in [3.8, 4) is 0 Å². The van der Waals surface area contributed by atoms with Crippen molar-refractivity contribution in [1.29, 1.82) is 0 Å². The highest BCUT2D eigenvalue weighted by molar-refractivity contribution is 9.10. The molecule has 1 heterocycles. The number of hydrogen-bond acceptors (Lipinski definition) is 2. The highest BCUT2D eigenvalue weighted by Gasteiger charge is 2.13. The van der Waals surface area contributed by atoms with Crippen molar-refractivity contribution >= 4 is 27.3 Å². The number of rotatable bonds is 2. The van der Waals surface area contributed by atoms with E-state index in [1.54, 1.807) is 11.3 Å². The fourth-order valence-corrected chi connectivity index (χ4v) is 2.50. The maximum atomic E-state index is 10.1. The number of halogens is 1. The van der Waals surface area contributed by atoms with Crippen LogP contribution >= 0.6 is 27.3 Å². The Morgan fingerprint density at radius 1 is 1.20 bits per heavy atom. The summed E-state index contributed by atoms with van der Waals surface area (Å²) in [5, 5.41) is 12.2. The number of aliphatic hydroxyl groups is 1. The number of benzene rings is 1. The average molecular weight is 283 g/mol. The summed E-state index contributed by atoms with van der Waals surface area (Å²) in [6, 6.07) is 9.74. The summed E-state index contributed by atoms with van der Waals surface area (Å²) >= 11 is 5.04. The molecule has 0 spiro atoms. The summed E-state index contributed by atoms with van der Waals surface area (Å²) in [7, 11) is 0. The second kappa shape index (κ2) is 4.47. The molecule has 0 saturated carbocycles. The van der Waals surface area contributed by atoms with Crippen LogP contribution < -0.4 is 0 Å². The van der Waals surface area contributed by atoms with Crippen molar-refractivity contribution in [3.63, 3.8) is 0 Å². The molecule has 2 aromatic rings. The minimum absolute atomic E-state index is 0.510. The molecule has 3 heteroatoms. The van der Waals surface area contributed by atoms with Crippen LogP contribution in [0.5, 0.6) is 0 Å². The molecule has 78 valence electrons. The molecule has 1 nitrogen and oxygen atoms in total. The number of aliphatic hydroxyl groups excluding tert-OH is 1. The van der Waals surface area contributed by atoms with Crippen LogP contribution in [0.4, 0.5) is 0 Å². The zero-order chi connectivity index (χ0) is 10.8. The molecular weight excluding hydrogens is 272 g/mol. The van der Waals surface area contributed by atoms with Gasteiger partial charge in [0, 0.05) is 9.35 Å². The van der Waals surface area contributed by atoms with E-state index in [4.69, 9.17) is 0 Å². The van der Waals surface area contributed by atoms with Crippen LogP contribution in [-0.2, 0) is 0 Å². The zero-order valence-electron chi connectivity index (χ0n) is 8.27. The highest BCUT2D eigenvalue weighted by atomic mass is 79.9. The number of hydrogen-bond donors (Lipinski definition) is 1. The molecule has 0 aliphatic rings. The van der Waals surface area contributed by atoms with Gasteiger partial charge in [0.05, 0.1) is 0 Å². The van der Waals surface area contributed by atoms with Gasteiger partial charge in [-0.25, -0.2) is 0 Å². The van der Waals surface area contributed by atoms with Gasteiger partial charge >= 0.3 is 0 Å². The van der Waals surface area contributed by atoms with Gasteiger partial charge in [-0.3, -0.25) is 0 Å². The average Bonchev–Trinajstić information content (AvgIpc) is 2.65. The van der Waals surface area contributed by atoms with E-state index in [1.165, 1.54) is 4.88 Å². The van der Waals surface area contributed by atoms with Crippen molar-refractivity contribution in [1.82, 2.24) is 0 Å². The van der Waals surface area contributed by atoms with E-state index in [-0.39, 0.29) is 0 Å². The van der Waals surface area contributed by atoms with Crippen molar-refractivity contribution < 1.29 is 5.11 Å². The minimum atomic E-state index is -0.510. The van der Waals surface area contributed by atoms with E-state index in [1.807, 2.05) is 42.6 Å². The molecule has 0 fully saturated rings. The summed E-state index contributed by atoms with van der Waals surface area (Å²) in [5.41, 5.74) is 1.93. The van der Waals surface area contributed by atoms with E-state index in [0.29, 0.717) is 0 Å². The van der Waals surface area contributed by atoms with Gasteiger partial charge in [0.2, 0.25) is 0 Å². The lowest BCUT2D eigenvalue weighted by Crippen LogP contribution is -1.98. The third kappa shape index (κ3) is 2.30. The SMILES string of the molecule is Cc1sccc1C(O)c1ccc(Br)cc1. The van der Waals surface area contributed by atoms with Crippen molar-refractivity contribution in [2.45, 2.75) is 13.0 Å². The largest absolute Gasteiger partial charge is 0.384 e. The van der Waals surface area contributed by atoms with Gasteiger partial charge in [0.25, 0.3) is 0 Å². The lowest BCUT2D eigenvalue weighted by Gasteiger charge is -2.10. The third-order valence-electron chi connectivity index (χ3n) is 2.38. The van der Waals surface area contributed by atoms with Crippen LogP contribution in [-0.4, -0.2) is 5.11 Å². The van der Waals surface area contributed by atoms with Crippen molar-refractivity contribution in [3.05, 3.63) is 56.2 Å². The fourth-order valence-electron chi connectivity index (χ4n) is 1.50. The van der Waals surface area contributed by atoms with Crippen LogP contribution in [0.2, 0.25) is 0 Å². The van der Waals surface area contributed by atoms with Crippen molar-refractivity contribution in [2.75, 3.05) is 0 Å². The van der Waals surface area contributed by atoms with E-state index in [2.05, 4.69) is 15.9 Å². The van der Waals surface area contributed by atoms with Gasteiger partial charge in [-0.05, 0) is 41.6 Å². The molecular formula is C12H11BrOS. The Morgan fingerprint density at radius 3 is 2.40 bits per heavy atom. The molecule has 1 aromatic heterocycles. The molecule has 1 aromatic carbocycles. The van der Waals surface area contributed by atoms with Gasteiger partial charge in [0.1, 0.15) is 6.10 Å². The lowest BCUT2D eigenvalue weighted by molar-refractivity contribution is 0.220. The van der Waals surface area contributed by atoms with Gasteiger partial charge in [-0.2, -0.15) is 0 Å². The van der Waals surface area contributed by atoms with E-state index in [0.717, 1.165) is 15.6 Å². The predicted molar refractivity (Wildman–Crippen MR) is 67.3 cm³/mol. The van der Waals surface area contributed by atoms with Gasteiger partial charge < -0.3 is 5.11 Å². The smallest absolute Gasteiger partial charge is 0.105 e. The van der Waals surface area contributed by atoms with Crippen LogP contribution in [0.15, 0.2) is 40.2 Å². The second-order valence-corrected chi connectivity index (χ2v) is 5.42. The first-order valence-electron chi connectivity index (χ1n) is 4.66. The van der Waals surface area contributed by atoms with Crippen LogP contribution in [0.3, 0.4) is 0 Å². The standard InChI is InChI=1S/C12H11BrOS/c1-8-11(6-7-15-8)12(14)9-2-4-10(13)5-3-9/h2-7,12,14H,1H3. The molecule has 0 aliphatic carbocycles. The molecule has 1 N–H and O–H groups in total. The maximum Gasteiger partial charge on any atom is 0.105 e. The van der Waals surface area contributed by atoms with E-state index < -0.39 is 6.10 Å². The molecule has 0 bridgehead atoms. The zero-order valence-corrected chi connectivity index (χ0v) is 10.7. The predicted octanol–water partition coefficient (Wildman–Crippen LogP) is 3.90. The Balaban J connectivity index is 2.32. The maximum absolute atomic E-state index is 10.1. The van der Waals surface area contributed by atoms with Crippen LogP contribution in [0, 0.1) is 6.92 Å². The normalized spacial score (nSPS) is 12.7. The van der Waals surface area contributed by atoms with Gasteiger partial charge in [0.15, 0.2) is 0 Å². The summed E-state index contributed by atoms with van der Waals surface area (Å²) in [4.78, 5) is 1.17. The Morgan fingerprint density at radius 2 is 1.87 bits per heavy atom. The molecule has 15 heavy (non-hydrogen) atoms. The van der Waals surface area contributed by atoms with Crippen molar-refractivity contribution in [2.24, 2.45) is 0 Å². The molecule has 1 unspecified atom stereocenters. The molecule has 0 aliphatic heterocycles. The van der Waals surface area contributed by atoms with Gasteiger partial charge in [-0.1, -0.05) is 28.1 Å². The van der Waals surface area contributed by atoms with Gasteiger partial charge in [-0.15, -0.1) is 11.3 Å². The van der Waals surface area contributed by atoms with E-state index in [9.17, 15) is 5.11 Å². The summed E-state index contributed by atoms with van der Waals surface area (Å²) in [6.45, 7) is 2.03. The third-order valence-corrected chi connectivity index (χ3v) is 3.77. The highest BCUT2D eigenvalue weighted by Crippen LogP contribution is 2.28. The molecule has 0 amide bonds. The van der Waals surface area contributed by atoms with E-state index >= 15 is 0 Å². The first-order valence-corrected chi connectivity index (χ1v) is 6.33. The Bertz CT molecular complexity index is 447. The Hall–Kier alpha value is -0.640. The Kier molecular flexibility index (Phi) is 3.24. The topological polar surface area (TPSA) is 20.2 Å². The number of thiophene rings is 1. The first-order chi connectivity index (χ1) is 7.18. The quantitative estimate of drug-likeness (QED) is 0.886. The lowest BCUT2D eigenvalue weighted by atomic mass is 10.0. The summed E-state index contributed by atoms with van der Waals surface area (Å²) < 4.78 is 1.03. The fraction of sp³-hybridized carbons (Fsp3) is 0.167. The minimum Gasteiger partial charge on any atom is -0.384 e. The Labute approximate surface area is 102 Å². The molecule has 0 saturated heterocycles. The molecule has 1 atom stereocenters. The first kappa shape index (κ1) is 10.9. The summed E-state index contributed by atoms with van der Waals surface area (Å²) in [5.74, 6) is 0.